The molecule has 2 amide bonds. The molecule has 0 bridgehead atoms. The van der Waals surface area contributed by atoms with Gasteiger partial charge < -0.3 is 27.3 Å². The Morgan fingerprint density at radius 2 is 1.00 bits per heavy atom. The molecule has 2 aliphatic heterocycles. The van der Waals surface area contributed by atoms with Crippen LogP contribution in [0.3, 0.4) is 0 Å². The molecule has 28 heteroatoms. The third-order valence-corrected chi connectivity index (χ3v) is 16.6. The van der Waals surface area contributed by atoms with Gasteiger partial charge in [0.25, 0.3) is 9.05 Å². The van der Waals surface area contributed by atoms with Crippen molar-refractivity contribution >= 4 is 97.2 Å². The second kappa shape index (κ2) is 25.3. The van der Waals surface area contributed by atoms with Crippen LogP contribution in [0.2, 0.25) is 0 Å². The zero-order chi connectivity index (χ0) is 56.9. The molecule has 0 unspecified atom stereocenters. The van der Waals surface area contributed by atoms with Crippen molar-refractivity contribution in [2.45, 2.75) is 22.1 Å². The lowest BCUT2D eigenvalue weighted by atomic mass is 10.1. The number of rotatable bonds is 12. The Kier molecular flexibility index (Phi) is 19.3. The number of amides is 2. The third-order valence-electron chi connectivity index (χ3n) is 12.0. The lowest BCUT2D eigenvalue weighted by Gasteiger charge is -2.23. The summed E-state index contributed by atoms with van der Waals surface area (Å²) in [7, 11) is 1.28. The second-order valence-electron chi connectivity index (χ2n) is 17.3. The first-order valence-electron chi connectivity index (χ1n) is 23.6. The normalized spacial score (nSPS) is 14.2. The van der Waals surface area contributed by atoms with E-state index < -0.39 is 42.6 Å². The van der Waals surface area contributed by atoms with Gasteiger partial charge in [-0.05, 0) is 72.8 Å². The second-order valence-corrected chi connectivity index (χ2v) is 23.5. The quantitative estimate of drug-likeness (QED) is 0.0937. The van der Waals surface area contributed by atoms with Crippen molar-refractivity contribution in [2.24, 2.45) is 24.3 Å². The lowest BCUT2D eigenvalue weighted by molar-refractivity contribution is -0.367. The van der Waals surface area contributed by atoms with Gasteiger partial charge in [-0.2, -0.15) is 36.5 Å². The van der Waals surface area contributed by atoms with Crippen molar-refractivity contribution < 1.29 is 70.9 Å². The van der Waals surface area contributed by atoms with Crippen LogP contribution >= 0.6 is 34.2 Å². The fourth-order valence-electron chi connectivity index (χ4n) is 8.05. The predicted molar refractivity (Wildman–Crippen MR) is 293 cm³/mol. The molecular weight excluding hydrogens is 1170 g/mol. The summed E-state index contributed by atoms with van der Waals surface area (Å²) in [5.74, 6) is 1.59. The number of benzene rings is 6. The molecule has 80 heavy (non-hydrogen) atoms. The van der Waals surface area contributed by atoms with Gasteiger partial charge >= 0.3 is 22.8 Å². The van der Waals surface area contributed by atoms with E-state index in [0.717, 1.165) is 58.3 Å². The summed E-state index contributed by atoms with van der Waals surface area (Å²) in [6.45, 7) is 1.01. The van der Waals surface area contributed by atoms with E-state index in [-0.39, 0.29) is 45.8 Å². The van der Waals surface area contributed by atoms with Crippen molar-refractivity contribution in [3.05, 3.63) is 168 Å². The molecule has 8 aromatic rings. The Labute approximate surface area is 474 Å². The fourth-order valence-corrected chi connectivity index (χ4v) is 11.4. The van der Waals surface area contributed by atoms with Crippen LogP contribution in [-0.4, -0.2) is 106 Å². The molecule has 0 spiro atoms. The Balaban J connectivity index is 0.000000199. The van der Waals surface area contributed by atoms with Crippen molar-refractivity contribution in [1.82, 2.24) is 33.8 Å². The number of sulfonamides is 1. The Morgan fingerprint density at radius 3 is 1.40 bits per heavy atom. The highest BCUT2D eigenvalue weighted by Crippen LogP contribution is 2.35. The molecule has 10 rings (SSSR count). The maximum Gasteiger partial charge on any atom is 0.416 e. The minimum absolute atomic E-state index is 0. The van der Waals surface area contributed by atoms with E-state index in [9.17, 15) is 52.8 Å². The number of hydrogen-bond donors (Lipinski definition) is 2. The molecule has 0 saturated heterocycles. The number of alkyl halides is 6. The van der Waals surface area contributed by atoms with Gasteiger partial charge in [0.2, 0.25) is 10.0 Å². The van der Waals surface area contributed by atoms with Gasteiger partial charge in [0.05, 0.1) is 74.0 Å². The molecule has 0 radical (unpaired) electrons. The van der Waals surface area contributed by atoms with Gasteiger partial charge in [-0.15, -0.1) is 0 Å². The molecule has 2 aliphatic rings. The molecule has 6 aromatic carbocycles. The number of aromatic nitrogens is 4. The van der Waals surface area contributed by atoms with Gasteiger partial charge in [0.1, 0.15) is 11.6 Å². The number of hydrazone groups is 2. The average Bonchev–Trinajstić information content (AvgIpc) is 3.95. The minimum Gasteiger partial charge on any atom is -1.00 e. The van der Waals surface area contributed by atoms with Crippen molar-refractivity contribution in [3.8, 4) is 22.8 Å². The maximum atomic E-state index is 13.2. The number of carbonyl (C=O) groups excluding carboxylic acids is 2. The minimum atomic E-state index is -4.46. The highest BCUT2D eigenvalue weighted by atomic mass is 35.7. The number of nitrogens with one attached hydrogen (secondary N) is 1. The van der Waals surface area contributed by atoms with E-state index in [2.05, 4.69) is 30.6 Å². The van der Waals surface area contributed by atoms with Gasteiger partial charge in [-0.25, -0.2) is 41.5 Å². The van der Waals surface area contributed by atoms with Crippen LogP contribution in [0.5, 0.6) is 0 Å². The first-order chi connectivity index (χ1) is 37.4. The van der Waals surface area contributed by atoms with Crippen molar-refractivity contribution in [3.63, 3.8) is 0 Å². The molecule has 0 atom stereocenters. The van der Waals surface area contributed by atoms with Gasteiger partial charge in [-0.3, -0.25) is 9.59 Å². The van der Waals surface area contributed by atoms with E-state index in [1.807, 2.05) is 24.3 Å². The standard InChI is InChI=1S/C26H22F3N5O3S2.C20H18F3N5OS.C6H5ClO2S.ClH/c1-33-23-11-10-17(15-21(23)31-24(33)18-6-5-7-19(14-18)26(27,28)29)22-16-38-25(35)34(32-22)13-12-30-39(36,37)20-8-3-2-4-9-20;1-27-17-6-5-12(16-11-30-19(29)28(26-16)8-7-24)10-15(17)25-18(27)13-3-2-4-14(9-13)20(21,22)23;7-10(8,9)6-4-2-1-3-5-6;/h2-11,14-15,30H,12-13,16H2,1H3;2-6,9-10H,7-8,11,24H2,1H3;1-5H;1H. The summed E-state index contributed by atoms with van der Waals surface area (Å²) in [4.78, 5) is 33.8. The first kappa shape index (κ1) is 60.9. The SMILES string of the molecule is Cn1c(-c2cccc(C(F)(F)F)c2)nc2cc(C3=NN(CCNS(=O)(=O)c4ccccc4)C(=O)SC3)ccc21.Cn1c(-c2cccc(C(F)(F)F)c2)nc2cc(C3=NN(CC[NH3+])C(=O)SC3)ccc21.O=S(=O)(Cl)c1ccccc1.[Cl-]. The number of halogens is 8. The summed E-state index contributed by atoms with van der Waals surface area (Å²) in [5.41, 5.74) is 8.62. The van der Waals surface area contributed by atoms with Crippen LogP contribution in [0.1, 0.15) is 22.3 Å². The molecule has 420 valence electrons. The topological polar surface area (TPSA) is 209 Å². The summed E-state index contributed by atoms with van der Waals surface area (Å²) in [6.07, 6.45) is -8.88. The van der Waals surface area contributed by atoms with Gasteiger partial charge in [-0.1, -0.05) is 96.3 Å². The van der Waals surface area contributed by atoms with E-state index in [1.165, 1.54) is 58.2 Å². The largest absolute Gasteiger partial charge is 1.00 e. The Morgan fingerprint density at radius 1 is 0.575 bits per heavy atom. The molecule has 4 N–H and O–H groups in total. The van der Waals surface area contributed by atoms with Gasteiger partial charge in [0.15, 0.2) is 0 Å². The number of hydrogen-bond acceptors (Lipinski definition) is 12. The molecular formula is C52H46Cl2F6N10O6S4. The zero-order valence-corrected chi connectivity index (χ0v) is 46.8. The van der Waals surface area contributed by atoms with E-state index in [4.69, 9.17) is 10.7 Å². The molecule has 4 heterocycles. The number of aryl methyl sites for hydroxylation is 2. The molecule has 0 saturated carbocycles. The molecule has 2 aromatic heterocycles. The number of quaternary nitrogens is 1. The van der Waals surface area contributed by atoms with Crippen LogP contribution in [0.25, 0.3) is 44.8 Å². The number of carbonyl (C=O) groups is 2. The van der Waals surface area contributed by atoms with Crippen molar-refractivity contribution in [1.29, 1.82) is 0 Å². The molecule has 0 fully saturated rings. The van der Waals surface area contributed by atoms with Gasteiger partial charge in [0, 0.05) is 65.1 Å². The first-order valence-corrected chi connectivity index (χ1v) is 29.3. The van der Waals surface area contributed by atoms with Crippen LogP contribution in [0, 0.1) is 0 Å². The summed E-state index contributed by atoms with van der Waals surface area (Å²) in [6, 6.07) is 36.9. The summed E-state index contributed by atoms with van der Waals surface area (Å²) in [5, 5.41) is 11.1. The monoisotopic (exact) mass is 1220 g/mol. The number of thioether (sulfide) groups is 2. The predicted octanol–water partition coefficient (Wildman–Crippen LogP) is 7.10. The van der Waals surface area contributed by atoms with Crippen LogP contribution in [0.15, 0.2) is 166 Å². The number of nitrogens with zero attached hydrogens (tertiary/aromatic N) is 8. The zero-order valence-electron chi connectivity index (χ0n) is 42.0. The summed E-state index contributed by atoms with van der Waals surface area (Å²) >= 11 is 2.22. The molecule has 0 aliphatic carbocycles. The van der Waals surface area contributed by atoms with Crippen LogP contribution in [0.4, 0.5) is 35.9 Å². The smallest absolute Gasteiger partial charge is 0.416 e. The average molecular weight is 1220 g/mol. The van der Waals surface area contributed by atoms with E-state index >= 15 is 0 Å². The van der Waals surface area contributed by atoms with Crippen molar-refractivity contribution in [2.75, 3.05) is 37.7 Å². The number of imidazole rings is 2. The third kappa shape index (κ3) is 14.6. The highest BCUT2D eigenvalue weighted by Gasteiger charge is 2.32. The number of fused-ring (bicyclic) bond motifs is 2. The molecule has 16 nitrogen and oxygen atoms in total. The summed E-state index contributed by atoms with van der Waals surface area (Å²) < 4.78 is 131. The Bertz CT molecular complexity index is 3870. The van der Waals surface area contributed by atoms with E-state index in [0.29, 0.717) is 69.7 Å². The highest BCUT2D eigenvalue weighted by molar-refractivity contribution is 8.14. The van der Waals surface area contributed by atoms with E-state index in [1.54, 1.807) is 83.9 Å². The fraction of sp³-hybridized carbons (Fsp3) is 0.192. The van der Waals surface area contributed by atoms with Crippen LogP contribution in [-0.2, 0) is 45.5 Å². The lowest BCUT2D eigenvalue weighted by Crippen LogP contribution is -3.00. The Hall–Kier alpha value is -6.78. The maximum absolute atomic E-state index is 13.2. The van der Waals surface area contributed by atoms with Crippen LogP contribution < -0.4 is 22.9 Å².